The number of benzene rings is 2. The van der Waals surface area contributed by atoms with E-state index >= 15 is 0 Å². The van der Waals surface area contributed by atoms with Crippen LogP contribution in [0.3, 0.4) is 0 Å². The summed E-state index contributed by atoms with van der Waals surface area (Å²) >= 11 is 0. The molecule has 0 aromatic heterocycles. The van der Waals surface area contributed by atoms with Crippen LogP contribution in [0.4, 0.5) is 5.69 Å². The highest BCUT2D eigenvalue weighted by molar-refractivity contribution is 7.93. The highest BCUT2D eigenvalue weighted by atomic mass is 32.2. The molecule has 2 aromatic carbocycles. The van der Waals surface area contributed by atoms with Crippen LogP contribution in [0.2, 0.25) is 0 Å². The van der Waals surface area contributed by atoms with E-state index in [4.69, 9.17) is 25.7 Å². The molecule has 4 N–H and O–H groups in total. The van der Waals surface area contributed by atoms with Gasteiger partial charge < -0.3 is 25.2 Å². The number of nitrogens with two attached hydrogens (primary N) is 1. The van der Waals surface area contributed by atoms with Gasteiger partial charge in [-0.2, -0.15) is 0 Å². The number of aliphatic carboxylic acids is 1. The molecule has 0 atom stereocenters. The number of nitrogen functional groups attached to an aromatic ring is 1. The summed E-state index contributed by atoms with van der Waals surface area (Å²) in [5, 5.41) is 16.7. The molecule has 0 saturated carbocycles. The van der Waals surface area contributed by atoms with Crippen LogP contribution in [-0.2, 0) is 19.6 Å². The number of anilines is 1. The van der Waals surface area contributed by atoms with Gasteiger partial charge in [0, 0.05) is 31.5 Å². The molecule has 0 spiro atoms. The number of likely N-dealkylation sites (tertiary alicyclic amines) is 1. The number of piperidine rings is 1. The standard InChI is InChI=1S/C26H31N5O6S/c27-25(28)20-5-1-3-19(17-20)4-2-13-31(38(34,35)18-24(32)33)21-6-8-22(9-7-21)37-23-10-14-30(15-11-23)26-29-12-16-36-26/h1-9,17,23H,10-16,18H2,(H3,27,28)(H,32,33)/b4-2+. The molecule has 1 fully saturated rings. The molecule has 0 unspecified atom stereocenters. The van der Waals surface area contributed by atoms with Gasteiger partial charge >= 0.3 is 5.97 Å². The van der Waals surface area contributed by atoms with E-state index in [0.717, 1.165) is 35.8 Å². The average molecular weight is 542 g/mol. The number of sulfonamides is 1. The summed E-state index contributed by atoms with van der Waals surface area (Å²) in [6.45, 7) is 2.81. The van der Waals surface area contributed by atoms with Crippen LogP contribution in [0.1, 0.15) is 24.0 Å². The maximum Gasteiger partial charge on any atom is 0.320 e. The number of aliphatic imine (C=N–C) groups is 1. The molecule has 4 rings (SSSR count). The lowest BCUT2D eigenvalue weighted by Gasteiger charge is -2.32. The monoisotopic (exact) mass is 541 g/mol. The summed E-state index contributed by atoms with van der Waals surface area (Å²) in [6.07, 6.45) is 4.94. The van der Waals surface area contributed by atoms with Crippen LogP contribution < -0.4 is 14.8 Å². The van der Waals surface area contributed by atoms with Gasteiger partial charge in [-0.15, -0.1) is 0 Å². The summed E-state index contributed by atoms with van der Waals surface area (Å²) in [6, 6.07) is 14.2. The van der Waals surface area contributed by atoms with Gasteiger partial charge in [-0.3, -0.25) is 14.5 Å². The number of hydrogen-bond donors (Lipinski definition) is 3. The van der Waals surface area contributed by atoms with E-state index in [-0.39, 0.29) is 18.5 Å². The molecular formula is C26H31N5O6S. The molecule has 2 aliphatic heterocycles. The Kier molecular flexibility index (Phi) is 8.52. The Morgan fingerprint density at radius 3 is 2.61 bits per heavy atom. The third-order valence-electron chi connectivity index (χ3n) is 6.13. The van der Waals surface area contributed by atoms with E-state index in [2.05, 4.69) is 9.89 Å². The summed E-state index contributed by atoms with van der Waals surface area (Å²) in [5.41, 5.74) is 7.14. The maximum absolute atomic E-state index is 12.9. The zero-order chi connectivity index (χ0) is 27.1. The number of carbonyl (C=O) groups is 1. The van der Waals surface area contributed by atoms with Gasteiger partial charge in [-0.25, -0.2) is 13.4 Å². The van der Waals surface area contributed by atoms with Crippen molar-refractivity contribution in [2.24, 2.45) is 10.7 Å². The molecule has 2 aromatic rings. The number of amidine groups is 2. The predicted octanol–water partition coefficient (Wildman–Crippen LogP) is 2.13. The predicted molar refractivity (Wildman–Crippen MR) is 145 cm³/mol. The topological polar surface area (TPSA) is 159 Å². The van der Waals surface area contributed by atoms with Crippen LogP contribution >= 0.6 is 0 Å². The molecule has 0 bridgehead atoms. The van der Waals surface area contributed by atoms with Crippen molar-refractivity contribution in [3.63, 3.8) is 0 Å². The summed E-state index contributed by atoms with van der Waals surface area (Å²) in [4.78, 5) is 17.7. The van der Waals surface area contributed by atoms with E-state index < -0.39 is 21.7 Å². The summed E-state index contributed by atoms with van der Waals surface area (Å²) in [7, 11) is -4.15. The minimum atomic E-state index is -4.15. The Labute approximate surface area is 221 Å². The SMILES string of the molecule is N=C(N)c1cccc(/C=C/CN(c2ccc(OC3CCN(C4=NCCO4)CC3)cc2)S(=O)(=O)CC(=O)O)c1. The van der Waals surface area contributed by atoms with E-state index in [1.165, 1.54) is 0 Å². The fraction of sp³-hybridized carbons (Fsp3) is 0.346. The van der Waals surface area contributed by atoms with Crippen molar-refractivity contribution in [1.82, 2.24) is 4.90 Å². The van der Waals surface area contributed by atoms with Crippen LogP contribution in [0, 0.1) is 5.41 Å². The Morgan fingerprint density at radius 1 is 1.24 bits per heavy atom. The highest BCUT2D eigenvalue weighted by Gasteiger charge is 2.27. The van der Waals surface area contributed by atoms with Gasteiger partial charge in [-0.1, -0.05) is 30.4 Å². The lowest BCUT2D eigenvalue weighted by atomic mass is 10.1. The molecule has 202 valence electrons. The second-order valence-corrected chi connectivity index (χ2v) is 10.8. The number of rotatable bonds is 10. The van der Waals surface area contributed by atoms with Crippen molar-refractivity contribution in [2.45, 2.75) is 18.9 Å². The van der Waals surface area contributed by atoms with E-state index in [1.807, 2.05) is 0 Å². The zero-order valence-electron chi connectivity index (χ0n) is 20.8. The van der Waals surface area contributed by atoms with Gasteiger partial charge in [-0.05, 0) is 35.9 Å². The molecule has 2 aliphatic rings. The summed E-state index contributed by atoms with van der Waals surface area (Å²) in [5.74, 6) is -1.94. The minimum Gasteiger partial charge on any atom is -0.490 e. The maximum atomic E-state index is 12.9. The normalized spacial score (nSPS) is 16.2. The van der Waals surface area contributed by atoms with Gasteiger partial charge in [0.05, 0.1) is 18.8 Å². The largest absolute Gasteiger partial charge is 0.490 e. The molecule has 0 aliphatic carbocycles. The molecule has 38 heavy (non-hydrogen) atoms. The number of carboxylic acid groups (broad SMARTS) is 1. The Hall–Kier alpha value is -4.06. The van der Waals surface area contributed by atoms with Gasteiger partial charge in [0.15, 0.2) is 5.75 Å². The molecule has 1 saturated heterocycles. The number of nitrogens with one attached hydrogen (secondary N) is 1. The van der Waals surface area contributed by atoms with Crippen molar-refractivity contribution in [3.05, 3.63) is 65.7 Å². The lowest BCUT2D eigenvalue weighted by molar-refractivity contribution is -0.134. The highest BCUT2D eigenvalue weighted by Crippen LogP contribution is 2.25. The van der Waals surface area contributed by atoms with Crippen LogP contribution in [0.25, 0.3) is 6.08 Å². The second kappa shape index (κ2) is 12.0. The number of hydrogen-bond acceptors (Lipinski definition) is 8. The van der Waals surface area contributed by atoms with E-state index in [9.17, 15) is 13.2 Å². The van der Waals surface area contributed by atoms with Gasteiger partial charge in [0.1, 0.15) is 24.3 Å². The van der Waals surface area contributed by atoms with Crippen molar-refractivity contribution in [2.75, 3.05) is 42.8 Å². The van der Waals surface area contributed by atoms with Crippen molar-refractivity contribution < 1.29 is 27.8 Å². The third-order valence-corrected chi connectivity index (χ3v) is 7.77. The second-order valence-electron chi connectivity index (χ2n) is 8.93. The first-order chi connectivity index (χ1) is 18.2. The zero-order valence-corrected chi connectivity index (χ0v) is 21.6. The van der Waals surface area contributed by atoms with Crippen molar-refractivity contribution >= 4 is 39.6 Å². The van der Waals surface area contributed by atoms with Crippen LogP contribution in [0.15, 0.2) is 59.6 Å². The fourth-order valence-electron chi connectivity index (χ4n) is 4.27. The fourth-order valence-corrected chi connectivity index (χ4v) is 5.50. The molecule has 11 nitrogen and oxygen atoms in total. The van der Waals surface area contributed by atoms with Crippen LogP contribution in [0.5, 0.6) is 5.75 Å². The molecule has 12 heteroatoms. The van der Waals surface area contributed by atoms with E-state index in [1.54, 1.807) is 60.7 Å². The first-order valence-corrected chi connectivity index (χ1v) is 13.8. The van der Waals surface area contributed by atoms with Gasteiger partial charge in [0.25, 0.3) is 6.02 Å². The Bertz CT molecular complexity index is 1320. The summed E-state index contributed by atoms with van der Waals surface area (Å²) < 4.78 is 38.4. The number of ether oxygens (including phenoxy) is 2. The van der Waals surface area contributed by atoms with Crippen molar-refractivity contribution in [3.8, 4) is 5.75 Å². The number of nitrogens with zero attached hydrogens (tertiary/aromatic N) is 3. The first kappa shape index (κ1) is 27.0. The lowest BCUT2D eigenvalue weighted by Crippen LogP contribution is -2.41. The Balaban J connectivity index is 1.43. The average Bonchev–Trinajstić information content (AvgIpc) is 3.42. The van der Waals surface area contributed by atoms with Crippen molar-refractivity contribution in [1.29, 1.82) is 5.41 Å². The molecule has 2 heterocycles. The van der Waals surface area contributed by atoms with E-state index in [0.29, 0.717) is 36.2 Å². The van der Waals surface area contributed by atoms with Crippen LogP contribution in [-0.4, -0.2) is 80.9 Å². The van der Waals surface area contributed by atoms with Gasteiger partial charge in [0.2, 0.25) is 10.0 Å². The third kappa shape index (κ3) is 7.03. The first-order valence-electron chi connectivity index (χ1n) is 12.2. The minimum absolute atomic E-state index is 0.0136. The smallest absolute Gasteiger partial charge is 0.320 e. The molecule has 0 amide bonds. The number of carboxylic acids is 1. The molecule has 0 radical (unpaired) electrons. The molecular weight excluding hydrogens is 510 g/mol. The Morgan fingerprint density at radius 2 is 1.97 bits per heavy atom. The quantitative estimate of drug-likeness (QED) is 0.305.